The van der Waals surface area contributed by atoms with E-state index in [1.54, 1.807) is 6.08 Å². The van der Waals surface area contributed by atoms with E-state index in [1.807, 2.05) is 0 Å². The molecule has 143 valence electrons. The lowest BCUT2D eigenvalue weighted by Gasteiger charge is -2.36. The molecule has 2 aliphatic rings. The Morgan fingerprint density at radius 1 is 1.50 bits per heavy atom. The second-order valence-electron chi connectivity index (χ2n) is 8.69. The smallest absolute Gasteiger partial charge is 0.0265 e. The van der Waals surface area contributed by atoms with Crippen molar-refractivity contribution in [1.29, 1.82) is 0 Å². The molecule has 0 spiro atoms. The maximum Gasteiger partial charge on any atom is 0.0265 e. The molecule has 1 fully saturated rings. The van der Waals surface area contributed by atoms with Gasteiger partial charge in [-0.2, -0.15) is 0 Å². The zero-order valence-corrected chi connectivity index (χ0v) is 17.4. The normalized spacial score (nSPS) is 18.7. The van der Waals surface area contributed by atoms with Gasteiger partial charge in [-0.1, -0.05) is 45.1 Å². The van der Waals surface area contributed by atoms with Gasteiger partial charge in [0.25, 0.3) is 0 Å². The van der Waals surface area contributed by atoms with Crippen LogP contribution in [0.25, 0.3) is 0 Å². The number of allylic oxidation sites excluding steroid dienone is 3. The molecule has 0 aromatic carbocycles. The molecular weight excluding hydrogens is 314 g/mol. The highest BCUT2D eigenvalue weighted by Gasteiger charge is 2.28. The van der Waals surface area contributed by atoms with Gasteiger partial charge in [0.15, 0.2) is 0 Å². The molecule has 1 heteroatoms. The van der Waals surface area contributed by atoms with Crippen LogP contribution in [0.5, 0.6) is 0 Å². The molecule has 0 bridgehead atoms. The zero-order valence-electron chi connectivity index (χ0n) is 17.4. The van der Waals surface area contributed by atoms with Crippen LogP contribution in [0.1, 0.15) is 59.8 Å². The minimum atomic E-state index is 0.195. The quantitative estimate of drug-likeness (QED) is 0.445. The van der Waals surface area contributed by atoms with Gasteiger partial charge in [-0.15, -0.1) is 5.73 Å². The highest BCUT2D eigenvalue weighted by Crippen LogP contribution is 2.37. The van der Waals surface area contributed by atoms with E-state index in [-0.39, 0.29) is 5.41 Å². The van der Waals surface area contributed by atoms with Gasteiger partial charge in [0, 0.05) is 26.1 Å². The van der Waals surface area contributed by atoms with Gasteiger partial charge in [-0.05, 0) is 81.8 Å². The summed E-state index contributed by atoms with van der Waals surface area (Å²) in [5.41, 5.74) is 5.56. The SMILES string of the molecule is [CH]=C=C(C)CN(CC(C)C)CC1C[CH]C([CH2])(C)CC1.[CH]=CCCC1=C[CH]1. The van der Waals surface area contributed by atoms with Crippen molar-refractivity contribution in [3.8, 4) is 0 Å². The second kappa shape index (κ2) is 11.6. The minimum absolute atomic E-state index is 0.195. The van der Waals surface area contributed by atoms with Crippen LogP contribution in [0.2, 0.25) is 0 Å². The summed E-state index contributed by atoms with van der Waals surface area (Å²) in [5.74, 6) is 1.47. The van der Waals surface area contributed by atoms with Gasteiger partial charge < -0.3 is 0 Å². The fourth-order valence-electron chi connectivity index (χ4n) is 3.31. The average molecular weight is 353 g/mol. The Hall–Kier alpha value is -1.04. The van der Waals surface area contributed by atoms with E-state index in [4.69, 9.17) is 13.2 Å². The van der Waals surface area contributed by atoms with E-state index in [1.165, 1.54) is 31.4 Å². The van der Waals surface area contributed by atoms with Crippen molar-refractivity contribution in [3.05, 3.63) is 62.0 Å². The van der Waals surface area contributed by atoms with E-state index in [0.29, 0.717) is 5.92 Å². The summed E-state index contributed by atoms with van der Waals surface area (Å²) < 4.78 is 0. The summed E-state index contributed by atoms with van der Waals surface area (Å²) >= 11 is 0. The molecule has 2 rings (SSSR count). The summed E-state index contributed by atoms with van der Waals surface area (Å²) in [6, 6.07) is 0. The van der Waals surface area contributed by atoms with Crippen molar-refractivity contribution >= 4 is 0 Å². The van der Waals surface area contributed by atoms with Crippen LogP contribution in [-0.2, 0) is 0 Å². The lowest BCUT2D eigenvalue weighted by molar-refractivity contribution is 0.186. The Kier molecular flexibility index (Phi) is 10.3. The Balaban J connectivity index is 0.000000401. The number of rotatable bonds is 9. The second-order valence-corrected chi connectivity index (χ2v) is 8.69. The summed E-state index contributed by atoms with van der Waals surface area (Å²) in [6.45, 7) is 27.0. The molecule has 2 atom stereocenters. The summed E-state index contributed by atoms with van der Waals surface area (Å²) in [6.07, 6.45) is 14.2. The third-order valence-corrected chi connectivity index (χ3v) is 4.92. The Morgan fingerprint density at radius 2 is 2.19 bits per heavy atom. The van der Waals surface area contributed by atoms with Crippen molar-refractivity contribution in [2.45, 2.75) is 59.8 Å². The first kappa shape index (κ1) is 23.0. The fourth-order valence-corrected chi connectivity index (χ4v) is 3.31. The van der Waals surface area contributed by atoms with Crippen molar-refractivity contribution in [1.82, 2.24) is 4.90 Å². The molecular formula is C25H38N. The van der Waals surface area contributed by atoms with Gasteiger partial charge in [-0.25, -0.2) is 0 Å². The zero-order chi connectivity index (χ0) is 19.6. The standard InChI is InChI=1S/C18H30N.C7H8/c1-7-16(4)13-19(12-15(2)3)14-17-8-10-18(5,6)11-9-17;1-2-3-4-7-5-6-7/h1,10,15,17H,5,8-9,11-14H2,2-4,6H3;1-2,5-6H,3-4H2. The lowest BCUT2D eigenvalue weighted by Crippen LogP contribution is -2.36. The maximum absolute atomic E-state index is 5.49. The van der Waals surface area contributed by atoms with Crippen LogP contribution in [0, 0.1) is 50.2 Å². The van der Waals surface area contributed by atoms with Crippen molar-refractivity contribution in [2.24, 2.45) is 17.3 Å². The fraction of sp³-hybridized carbons (Fsp3) is 0.600. The van der Waals surface area contributed by atoms with Gasteiger partial charge in [-0.3, -0.25) is 4.90 Å². The van der Waals surface area contributed by atoms with E-state index >= 15 is 0 Å². The Bertz CT molecular complexity index is 492. The van der Waals surface area contributed by atoms with E-state index in [0.717, 1.165) is 37.4 Å². The molecule has 0 saturated heterocycles. The molecule has 2 unspecified atom stereocenters. The number of hydrogen-bond acceptors (Lipinski definition) is 1. The van der Waals surface area contributed by atoms with Crippen LogP contribution in [0.15, 0.2) is 29.0 Å². The maximum atomic E-state index is 5.49. The van der Waals surface area contributed by atoms with Crippen molar-refractivity contribution < 1.29 is 0 Å². The molecule has 1 nitrogen and oxygen atoms in total. The summed E-state index contributed by atoms with van der Waals surface area (Å²) in [7, 11) is 0. The average Bonchev–Trinajstić information content (AvgIpc) is 3.39. The molecule has 2 aliphatic carbocycles. The molecule has 0 aromatic heterocycles. The van der Waals surface area contributed by atoms with Crippen LogP contribution in [0.3, 0.4) is 0 Å². The van der Waals surface area contributed by atoms with Gasteiger partial charge in [0.05, 0.1) is 0 Å². The van der Waals surface area contributed by atoms with Gasteiger partial charge >= 0.3 is 0 Å². The molecule has 0 aromatic rings. The first-order chi connectivity index (χ1) is 12.3. The van der Waals surface area contributed by atoms with Crippen molar-refractivity contribution in [2.75, 3.05) is 19.6 Å². The van der Waals surface area contributed by atoms with Crippen LogP contribution >= 0.6 is 0 Å². The van der Waals surface area contributed by atoms with E-state index in [9.17, 15) is 0 Å². The lowest BCUT2D eigenvalue weighted by atomic mass is 9.73. The van der Waals surface area contributed by atoms with Crippen molar-refractivity contribution in [3.63, 3.8) is 0 Å². The highest BCUT2D eigenvalue weighted by atomic mass is 15.1. The Labute approximate surface area is 163 Å². The van der Waals surface area contributed by atoms with E-state index in [2.05, 4.69) is 64.2 Å². The largest absolute Gasteiger partial charge is 0.298 e. The van der Waals surface area contributed by atoms with Crippen LogP contribution < -0.4 is 0 Å². The monoisotopic (exact) mass is 352 g/mol. The van der Waals surface area contributed by atoms with Crippen LogP contribution in [-0.4, -0.2) is 24.5 Å². The predicted molar refractivity (Wildman–Crippen MR) is 114 cm³/mol. The molecule has 5 radical (unpaired) electrons. The molecule has 1 saturated carbocycles. The first-order valence-corrected chi connectivity index (χ1v) is 10.0. The van der Waals surface area contributed by atoms with Crippen LogP contribution in [0.4, 0.5) is 0 Å². The molecule has 0 aliphatic heterocycles. The molecule has 0 amide bonds. The van der Waals surface area contributed by atoms with E-state index < -0.39 is 0 Å². The predicted octanol–water partition coefficient (Wildman–Crippen LogP) is 6.22. The summed E-state index contributed by atoms with van der Waals surface area (Å²) in [4.78, 5) is 2.53. The Morgan fingerprint density at radius 3 is 2.65 bits per heavy atom. The molecule has 26 heavy (non-hydrogen) atoms. The third kappa shape index (κ3) is 10.8. The minimum Gasteiger partial charge on any atom is -0.298 e. The number of hydrogen-bond donors (Lipinski definition) is 0. The third-order valence-electron chi connectivity index (χ3n) is 4.92. The number of nitrogens with zero attached hydrogens (tertiary/aromatic N) is 1. The molecule has 0 heterocycles. The first-order valence-electron chi connectivity index (χ1n) is 10.0. The van der Waals surface area contributed by atoms with Gasteiger partial charge in [0.1, 0.15) is 0 Å². The van der Waals surface area contributed by atoms with Gasteiger partial charge in [0.2, 0.25) is 0 Å². The highest BCUT2D eigenvalue weighted by molar-refractivity contribution is 5.38. The molecule has 0 N–H and O–H groups in total. The summed E-state index contributed by atoms with van der Waals surface area (Å²) in [5, 5.41) is 0. The topological polar surface area (TPSA) is 3.24 Å².